The molecule has 0 saturated carbocycles. The molecule has 0 aromatic rings. The first-order chi connectivity index (χ1) is 7.72. The summed E-state index contributed by atoms with van der Waals surface area (Å²) >= 11 is 0. The zero-order valence-corrected chi connectivity index (χ0v) is 10.5. The number of morpholine rings is 1. The summed E-state index contributed by atoms with van der Waals surface area (Å²) in [5.74, 6) is 0. The molecule has 1 aliphatic heterocycles. The maximum Gasteiger partial charge on any atom is 0.0829 e. The summed E-state index contributed by atoms with van der Waals surface area (Å²) in [4.78, 5) is 4.62. The zero-order chi connectivity index (χ0) is 11.8. The highest BCUT2D eigenvalue weighted by atomic mass is 16.5. The molecule has 4 heteroatoms. The average molecular weight is 225 g/mol. The number of hydrogen-bond acceptors (Lipinski definition) is 4. The average Bonchev–Trinajstić information content (AvgIpc) is 2.24. The Morgan fingerprint density at radius 1 is 1.44 bits per heavy atom. The van der Waals surface area contributed by atoms with Gasteiger partial charge in [-0.15, -0.1) is 0 Å². The van der Waals surface area contributed by atoms with Gasteiger partial charge >= 0.3 is 0 Å². The van der Waals surface area contributed by atoms with Crippen molar-refractivity contribution in [2.24, 2.45) is 0 Å². The van der Waals surface area contributed by atoms with Crippen LogP contribution in [0.3, 0.4) is 0 Å². The molecular weight excluding hydrogens is 202 g/mol. The van der Waals surface area contributed by atoms with Crippen molar-refractivity contribution in [1.29, 1.82) is 5.26 Å². The Morgan fingerprint density at radius 3 is 2.94 bits per heavy atom. The van der Waals surface area contributed by atoms with E-state index in [0.717, 1.165) is 45.6 Å². The maximum absolute atomic E-state index is 8.46. The Hall–Kier alpha value is -0.630. The normalized spacial score (nSPS) is 22.2. The van der Waals surface area contributed by atoms with Crippen LogP contribution in [0.1, 0.15) is 19.3 Å². The van der Waals surface area contributed by atoms with Crippen molar-refractivity contribution in [3.05, 3.63) is 0 Å². The van der Waals surface area contributed by atoms with E-state index >= 15 is 0 Å². The monoisotopic (exact) mass is 225 g/mol. The first-order valence-corrected chi connectivity index (χ1v) is 6.08. The van der Waals surface area contributed by atoms with E-state index in [2.05, 4.69) is 30.0 Å². The third-order valence-corrected chi connectivity index (χ3v) is 2.80. The predicted molar refractivity (Wildman–Crippen MR) is 64.2 cm³/mol. The van der Waals surface area contributed by atoms with Crippen molar-refractivity contribution in [2.45, 2.75) is 25.4 Å². The minimum atomic E-state index is 0.347. The summed E-state index contributed by atoms with van der Waals surface area (Å²) in [6, 6.07) is 2.19. The third kappa shape index (κ3) is 5.45. The number of ether oxygens (including phenoxy) is 1. The number of rotatable bonds is 6. The van der Waals surface area contributed by atoms with Crippen LogP contribution in [-0.4, -0.2) is 62.8 Å². The highest BCUT2D eigenvalue weighted by Gasteiger charge is 2.20. The highest BCUT2D eigenvalue weighted by Crippen LogP contribution is 2.07. The van der Waals surface area contributed by atoms with Gasteiger partial charge in [0, 0.05) is 26.1 Å². The second-order valence-corrected chi connectivity index (χ2v) is 4.67. The Labute approximate surface area is 98.8 Å². The van der Waals surface area contributed by atoms with E-state index < -0.39 is 0 Å². The fourth-order valence-electron chi connectivity index (χ4n) is 2.04. The molecule has 0 amide bonds. The number of hydrogen-bond donors (Lipinski definition) is 0. The van der Waals surface area contributed by atoms with E-state index in [-0.39, 0.29) is 0 Å². The Bertz CT molecular complexity index is 225. The van der Waals surface area contributed by atoms with Gasteiger partial charge < -0.3 is 9.64 Å². The van der Waals surface area contributed by atoms with Crippen LogP contribution in [0.2, 0.25) is 0 Å². The molecule has 1 heterocycles. The van der Waals surface area contributed by atoms with Crippen LogP contribution < -0.4 is 0 Å². The molecule has 1 saturated heterocycles. The first-order valence-electron chi connectivity index (χ1n) is 6.08. The van der Waals surface area contributed by atoms with Crippen LogP contribution in [0.15, 0.2) is 0 Å². The smallest absolute Gasteiger partial charge is 0.0829 e. The minimum absolute atomic E-state index is 0.347. The van der Waals surface area contributed by atoms with Gasteiger partial charge in [0.25, 0.3) is 0 Å². The zero-order valence-electron chi connectivity index (χ0n) is 10.5. The molecule has 92 valence electrons. The highest BCUT2D eigenvalue weighted by molar-refractivity contribution is 4.74. The summed E-state index contributed by atoms with van der Waals surface area (Å²) in [6.45, 7) is 5.02. The lowest BCUT2D eigenvalue weighted by atomic mass is 10.2. The summed E-state index contributed by atoms with van der Waals surface area (Å²) in [6.07, 6.45) is 3.18. The van der Waals surface area contributed by atoms with Crippen molar-refractivity contribution in [2.75, 3.05) is 46.9 Å². The van der Waals surface area contributed by atoms with Gasteiger partial charge in [-0.05, 0) is 33.5 Å². The van der Waals surface area contributed by atoms with Crippen LogP contribution >= 0.6 is 0 Å². The molecule has 16 heavy (non-hydrogen) atoms. The number of likely N-dealkylation sites (N-methyl/N-ethyl adjacent to an activating group) is 1. The van der Waals surface area contributed by atoms with Crippen molar-refractivity contribution in [1.82, 2.24) is 9.80 Å². The van der Waals surface area contributed by atoms with E-state index in [9.17, 15) is 0 Å². The Balaban J connectivity index is 2.15. The van der Waals surface area contributed by atoms with Crippen LogP contribution in [0.5, 0.6) is 0 Å². The van der Waals surface area contributed by atoms with Crippen LogP contribution in [-0.2, 0) is 4.74 Å². The van der Waals surface area contributed by atoms with Gasteiger partial charge in [-0.25, -0.2) is 0 Å². The molecule has 0 radical (unpaired) electrons. The molecule has 0 aromatic heterocycles. The summed E-state index contributed by atoms with van der Waals surface area (Å²) in [7, 11) is 4.16. The molecule has 1 atom stereocenters. The lowest BCUT2D eigenvalue weighted by Crippen LogP contribution is -2.46. The molecule has 0 aromatic carbocycles. The molecule has 1 fully saturated rings. The molecule has 1 rings (SSSR count). The van der Waals surface area contributed by atoms with Crippen LogP contribution in [0.25, 0.3) is 0 Å². The van der Waals surface area contributed by atoms with Crippen molar-refractivity contribution in [3.63, 3.8) is 0 Å². The summed E-state index contributed by atoms with van der Waals surface area (Å²) in [5.41, 5.74) is 0. The summed E-state index contributed by atoms with van der Waals surface area (Å²) < 4.78 is 5.71. The third-order valence-electron chi connectivity index (χ3n) is 2.80. The SMILES string of the molecule is CN(C)CC1CN(CCCCC#N)CCO1. The largest absolute Gasteiger partial charge is 0.374 e. The van der Waals surface area contributed by atoms with E-state index in [1.54, 1.807) is 0 Å². The summed E-state index contributed by atoms with van der Waals surface area (Å²) in [5, 5.41) is 8.46. The fraction of sp³-hybridized carbons (Fsp3) is 0.917. The minimum Gasteiger partial charge on any atom is -0.374 e. The molecule has 0 spiro atoms. The quantitative estimate of drug-likeness (QED) is 0.631. The second kappa shape index (κ2) is 7.61. The van der Waals surface area contributed by atoms with Gasteiger partial charge in [0.15, 0.2) is 0 Å². The van der Waals surface area contributed by atoms with E-state index in [4.69, 9.17) is 10.00 Å². The van der Waals surface area contributed by atoms with Gasteiger partial charge in [0.2, 0.25) is 0 Å². The first kappa shape index (κ1) is 13.4. The Kier molecular flexibility index (Phi) is 6.39. The van der Waals surface area contributed by atoms with Crippen molar-refractivity contribution in [3.8, 4) is 6.07 Å². The van der Waals surface area contributed by atoms with E-state index in [0.29, 0.717) is 12.5 Å². The van der Waals surface area contributed by atoms with Gasteiger partial charge in [0.05, 0.1) is 18.8 Å². The Morgan fingerprint density at radius 2 is 2.25 bits per heavy atom. The predicted octanol–water partition coefficient (Wildman–Crippen LogP) is 0.943. The van der Waals surface area contributed by atoms with Crippen LogP contribution in [0.4, 0.5) is 0 Å². The second-order valence-electron chi connectivity index (χ2n) is 4.67. The molecule has 0 aliphatic carbocycles. The number of nitriles is 1. The lowest BCUT2D eigenvalue weighted by Gasteiger charge is -2.34. The van der Waals surface area contributed by atoms with Gasteiger partial charge in [0.1, 0.15) is 0 Å². The van der Waals surface area contributed by atoms with Gasteiger partial charge in [-0.3, -0.25) is 4.90 Å². The topological polar surface area (TPSA) is 39.5 Å². The maximum atomic E-state index is 8.46. The van der Waals surface area contributed by atoms with Crippen LogP contribution in [0, 0.1) is 11.3 Å². The molecule has 4 nitrogen and oxygen atoms in total. The molecule has 1 unspecified atom stereocenters. The fourth-order valence-corrected chi connectivity index (χ4v) is 2.04. The molecule has 1 aliphatic rings. The number of unbranched alkanes of at least 4 members (excludes halogenated alkanes) is 2. The van der Waals surface area contributed by atoms with Gasteiger partial charge in [-0.1, -0.05) is 0 Å². The molecule has 0 N–H and O–H groups in total. The standard InChI is InChI=1S/C12H23N3O/c1-14(2)10-12-11-15(8-9-16-12)7-5-3-4-6-13/h12H,3-5,7-11H2,1-2H3. The van der Waals surface area contributed by atoms with Gasteiger partial charge in [-0.2, -0.15) is 5.26 Å². The van der Waals surface area contributed by atoms with E-state index in [1.807, 2.05) is 0 Å². The number of nitrogens with zero attached hydrogens (tertiary/aromatic N) is 3. The molecule has 0 bridgehead atoms. The molecular formula is C12H23N3O. The van der Waals surface area contributed by atoms with Crippen molar-refractivity contribution >= 4 is 0 Å². The van der Waals surface area contributed by atoms with E-state index in [1.165, 1.54) is 0 Å². The van der Waals surface area contributed by atoms with Crippen molar-refractivity contribution < 1.29 is 4.74 Å². The lowest BCUT2D eigenvalue weighted by molar-refractivity contribution is -0.0382.